The van der Waals surface area contributed by atoms with Crippen LogP contribution < -0.4 is 10.0 Å². The van der Waals surface area contributed by atoms with Gasteiger partial charge < -0.3 is 10.4 Å². The van der Waals surface area contributed by atoms with Crippen molar-refractivity contribution in [3.8, 4) is 0 Å². The minimum atomic E-state index is -3.69. The van der Waals surface area contributed by atoms with Gasteiger partial charge in [0, 0.05) is 18.8 Å². The van der Waals surface area contributed by atoms with Crippen molar-refractivity contribution in [3.05, 3.63) is 59.7 Å². The number of carboxylic acids is 1. The highest BCUT2D eigenvalue weighted by Gasteiger charge is 2.18. The van der Waals surface area contributed by atoms with E-state index in [1.54, 1.807) is 6.92 Å². The summed E-state index contributed by atoms with van der Waals surface area (Å²) in [4.78, 5) is 11.3. The molecule has 2 aromatic carbocycles. The number of anilines is 1. The molecule has 0 saturated carbocycles. The van der Waals surface area contributed by atoms with Gasteiger partial charge in [0.05, 0.1) is 10.5 Å². The third-order valence-corrected chi connectivity index (χ3v) is 4.74. The zero-order valence-corrected chi connectivity index (χ0v) is 13.4. The summed E-state index contributed by atoms with van der Waals surface area (Å²) in [6, 6.07) is 13.5. The van der Waals surface area contributed by atoms with E-state index in [2.05, 4.69) is 10.0 Å². The van der Waals surface area contributed by atoms with Gasteiger partial charge in [0.25, 0.3) is 0 Å². The van der Waals surface area contributed by atoms with E-state index in [0.29, 0.717) is 12.2 Å². The van der Waals surface area contributed by atoms with E-state index < -0.39 is 16.0 Å². The second kappa shape index (κ2) is 7.26. The normalized spacial score (nSPS) is 11.2. The van der Waals surface area contributed by atoms with Crippen LogP contribution >= 0.6 is 0 Å². The second-order valence-electron chi connectivity index (χ2n) is 4.85. The van der Waals surface area contributed by atoms with Crippen LogP contribution in [-0.4, -0.2) is 26.0 Å². The molecule has 23 heavy (non-hydrogen) atoms. The summed E-state index contributed by atoms with van der Waals surface area (Å²) in [6.45, 7) is 2.34. The average Bonchev–Trinajstić information content (AvgIpc) is 2.53. The Morgan fingerprint density at radius 3 is 2.43 bits per heavy atom. The van der Waals surface area contributed by atoms with Crippen LogP contribution in [0.2, 0.25) is 0 Å². The van der Waals surface area contributed by atoms with Crippen molar-refractivity contribution in [2.45, 2.75) is 18.4 Å². The van der Waals surface area contributed by atoms with Crippen LogP contribution in [0.4, 0.5) is 5.69 Å². The molecular formula is C16H18N2O4S. The first-order valence-corrected chi connectivity index (χ1v) is 8.57. The van der Waals surface area contributed by atoms with E-state index in [1.807, 2.05) is 30.3 Å². The molecule has 0 radical (unpaired) electrons. The molecule has 3 N–H and O–H groups in total. The van der Waals surface area contributed by atoms with Gasteiger partial charge in [0.1, 0.15) is 0 Å². The number of hydrogen-bond donors (Lipinski definition) is 3. The lowest BCUT2D eigenvalue weighted by atomic mass is 10.1. The number of sulfonamides is 1. The summed E-state index contributed by atoms with van der Waals surface area (Å²) in [6.07, 6.45) is 0. The molecule has 0 aliphatic heterocycles. The van der Waals surface area contributed by atoms with Crippen LogP contribution in [0.1, 0.15) is 22.8 Å². The van der Waals surface area contributed by atoms with E-state index in [-0.39, 0.29) is 17.0 Å². The SMILES string of the molecule is CCNS(=O)(=O)c1ccc(NCc2ccccc2)c(C(=O)O)c1. The van der Waals surface area contributed by atoms with Crippen molar-refractivity contribution < 1.29 is 18.3 Å². The Morgan fingerprint density at radius 1 is 1.13 bits per heavy atom. The van der Waals surface area contributed by atoms with E-state index in [9.17, 15) is 18.3 Å². The minimum Gasteiger partial charge on any atom is -0.478 e. The first-order valence-electron chi connectivity index (χ1n) is 7.09. The molecular weight excluding hydrogens is 316 g/mol. The molecule has 0 unspecified atom stereocenters. The standard InChI is InChI=1S/C16H18N2O4S/c1-2-18-23(21,22)13-8-9-15(14(10-13)16(19)20)17-11-12-6-4-3-5-7-12/h3-10,17-18H,2,11H2,1H3,(H,19,20). The van der Waals surface area contributed by atoms with E-state index >= 15 is 0 Å². The van der Waals surface area contributed by atoms with Gasteiger partial charge in [0.2, 0.25) is 10.0 Å². The molecule has 7 heteroatoms. The van der Waals surface area contributed by atoms with Gasteiger partial charge >= 0.3 is 5.97 Å². The molecule has 0 fully saturated rings. The van der Waals surface area contributed by atoms with Crippen LogP contribution in [0, 0.1) is 0 Å². The molecule has 0 aliphatic rings. The lowest BCUT2D eigenvalue weighted by Gasteiger charge is -2.12. The topological polar surface area (TPSA) is 95.5 Å². The third kappa shape index (κ3) is 4.30. The molecule has 0 bridgehead atoms. The van der Waals surface area contributed by atoms with Gasteiger partial charge in [-0.15, -0.1) is 0 Å². The fraction of sp³-hybridized carbons (Fsp3) is 0.188. The quantitative estimate of drug-likeness (QED) is 0.722. The number of carbonyl (C=O) groups is 1. The Balaban J connectivity index is 2.28. The lowest BCUT2D eigenvalue weighted by molar-refractivity contribution is 0.0697. The summed E-state index contributed by atoms with van der Waals surface area (Å²) >= 11 is 0. The molecule has 0 heterocycles. The maximum Gasteiger partial charge on any atom is 0.337 e. The smallest absolute Gasteiger partial charge is 0.337 e. The van der Waals surface area contributed by atoms with E-state index in [0.717, 1.165) is 11.6 Å². The van der Waals surface area contributed by atoms with Crippen LogP contribution in [-0.2, 0) is 16.6 Å². The molecule has 0 aromatic heterocycles. The molecule has 122 valence electrons. The summed E-state index contributed by atoms with van der Waals surface area (Å²) in [5, 5.41) is 12.4. The van der Waals surface area contributed by atoms with Crippen LogP contribution in [0.15, 0.2) is 53.4 Å². The maximum absolute atomic E-state index is 12.0. The van der Waals surface area contributed by atoms with Gasteiger partial charge in [-0.05, 0) is 23.8 Å². The van der Waals surface area contributed by atoms with Crippen molar-refractivity contribution in [2.75, 3.05) is 11.9 Å². The fourth-order valence-electron chi connectivity index (χ4n) is 2.09. The van der Waals surface area contributed by atoms with Gasteiger partial charge in [-0.1, -0.05) is 37.3 Å². The van der Waals surface area contributed by atoms with Crippen molar-refractivity contribution >= 4 is 21.7 Å². The van der Waals surface area contributed by atoms with Crippen molar-refractivity contribution in [3.63, 3.8) is 0 Å². The molecule has 0 saturated heterocycles. The van der Waals surface area contributed by atoms with E-state index in [1.165, 1.54) is 12.1 Å². The fourth-order valence-corrected chi connectivity index (χ4v) is 3.16. The summed E-state index contributed by atoms with van der Waals surface area (Å²) < 4.78 is 26.3. The van der Waals surface area contributed by atoms with Gasteiger partial charge in [-0.3, -0.25) is 0 Å². The molecule has 0 amide bonds. The number of carboxylic acid groups (broad SMARTS) is 1. The van der Waals surface area contributed by atoms with Crippen LogP contribution in [0.25, 0.3) is 0 Å². The predicted octanol–water partition coefficient (Wildman–Crippen LogP) is 2.30. The highest BCUT2D eigenvalue weighted by molar-refractivity contribution is 7.89. The second-order valence-corrected chi connectivity index (χ2v) is 6.62. The largest absolute Gasteiger partial charge is 0.478 e. The van der Waals surface area contributed by atoms with Crippen molar-refractivity contribution in [1.29, 1.82) is 0 Å². The van der Waals surface area contributed by atoms with Crippen molar-refractivity contribution in [1.82, 2.24) is 4.72 Å². The summed E-state index contributed by atoms with van der Waals surface area (Å²) in [7, 11) is -3.69. The number of benzene rings is 2. The number of aromatic carboxylic acids is 1. The Morgan fingerprint density at radius 2 is 1.83 bits per heavy atom. The highest BCUT2D eigenvalue weighted by atomic mass is 32.2. The van der Waals surface area contributed by atoms with Gasteiger partial charge in [0.15, 0.2) is 0 Å². The first kappa shape index (κ1) is 17.0. The Kier molecular flexibility index (Phi) is 5.36. The number of rotatable bonds is 7. The molecule has 0 aliphatic carbocycles. The molecule has 0 spiro atoms. The van der Waals surface area contributed by atoms with Gasteiger partial charge in [-0.25, -0.2) is 17.9 Å². The lowest BCUT2D eigenvalue weighted by Crippen LogP contribution is -2.23. The number of nitrogens with one attached hydrogen (secondary N) is 2. The maximum atomic E-state index is 12.0. The average molecular weight is 334 g/mol. The molecule has 6 nitrogen and oxygen atoms in total. The number of hydrogen-bond acceptors (Lipinski definition) is 4. The Labute approximate surface area is 135 Å². The zero-order valence-electron chi connectivity index (χ0n) is 12.6. The summed E-state index contributed by atoms with van der Waals surface area (Å²) in [5.74, 6) is -1.19. The highest BCUT2D eigenvalue weighted by Crippen LogP contribution is 2.21. The van der Waals surface area contributed by atoms with Crippen molar-refractivity contribution in [2.24, 2.45) is 0 Å². The van der Waals surface area contributed by atoms with Gasteiger partial charge in [-0.2, -0.15) is 0 Å². The Hall–Kier alpha value is -2.38. The monoisotopic (exact) mass is 334 g/mol. The van der Waals surface area contributed by atoms with E-state index in [4.69, 9.17) is 0 Å². The zero-order chi connectivity index (χ0) is 16.9. The Bertz CT molecular complexity index is 789. The molecule has 2 rings (SSSR count). The summed E-state index contributed by atoms with van der Waals surface area (Å²) in [5.41, 5.74) is 1.28. The first-order chi connectivity index (χ1) is 10.9. The van der Waals surface area contributed by atoms with Crippen LogP contribution in [0.3, 0.4) is 0 Å². The van der Waals surface area contributed by atoms with Crippen LogP contribution in [0.5, 0.6) is 0 Å². The molecule has 0 atom stereocenters. The molecule has 2 aromatic rings. The predicted molar refractivity (Wildman–Crippen MR) is 88.0 cm³/mol. The third-order valence-electron chi connectivity index (χ3n) is 3.19. The minimum absolute atomic E-state index is 0.0676.